The Bertz CT molecular complexity index is 399. The molecular weight excluding hydrogens is 282 g/mol. The van der Waals surface area contributed by atoms with E-state index in [0.717, 1.165) is 24.2 Å². The maximum atomic E-state index is 6.26. The highest BCUT2D eigenvalue weighted by Gasteiger charge is 2.12. The van der Waals surface area contributed by atoms with Crippen molar-refractivity contribution in [2.45, 2.75) is 25.8 Å². The van der Waals surface area contributed by atoms with Gasteiger partial charge in [-0.15, -0.1) is 0 Å². The van der Waals surface area contributed by atoms with Gasteiger partial charge >= 0.3 is 0 Å². The fraction of sp³-hybridized carbons (Fsp3) is 0.571. The number of hydrogen-bond acceptors (Lipinski definition) is 4. The number of methoxy groups -OCH3 is 1. The predicted molar refractivity (Wildman–Crippen MR) is 83.9 cm³/mol. The van der Waals surface area contributed by atoms with Gasteiger partial charge in [0.05, 0.1) is 18.7 Å². The molecular formula is C14H22ClNO2S. The Morgan fingerprint density at radius 2 is 2.16 bits per heavy atom. The highest BCUT2D eigenvalue weighted by atomic mass is 35.5. The molecule has 1 aromatic rings. The molecule has 0 aromatic heterocycles. The van der Waals surface area contributed by atoms with E-state index in [0.29, 0.717) is 23.1 Å². The average molecular weight is 304 g/mol. The van der Waals surface area contributed by atoms with Crippen molar-refractivity contribution in [3.63, 3.8) is 0 Å². The third kappa shape index (κ3) is 5.51. The summed E-state index contributed by atoms with van der Waals surface area (Å²) in [6.07, 6.45) is 3.83. The van der Waals surface area contributed by atoms with Gasteiger partial charge in [0, 0.05) is 6.04 Å². The van der Waals surface area contributed by atoms with E-state index in [1.165, 1.54) is 0 Å². The molecule has 1 unspecified atom stereocenters. The standard InChI is InChI=1S/C14H22ClNO2S/c1-10(16)7-11-8-12(15)14(13(9-11)17-2)18-5-4-6-19-3/h8-10H,4-7,16H2,1-3H3. The van der Waals surface area contributed by atoms with Crippen molar-refractivity contribution < 1.29 is 9.47 Å². The van der Waals surface area contributed by atoms with Crippen LogP contribution in [0.5, 0.6) is 11.5 Å². The zero-order chi connectivity index (χ0) is 14.3. The minimum Gasteiger partial charge on any atom is -0.493 e. The Morgan fingerprint density at radius 1 is 1.42 bits per heavy atom. The van der Waals surface area contributed by atoms with Gasteiger partial charge in [-0.05, 0) is 49.5 Å². The second-order valence-corrected chi connectivity index (χ2v) is 5.88. The molecule has 0 bridgehead atoms. The van der Waals surface area contributed by atoms with Gasteiger partial charge in [-0.3, -0.25) is 0 Å². The maximum absolute atomic E-state index is 6.26. The molecule has 0 spiro atoms. The molecule has 108 valence electrons. The Hall–Kier alpha value is -0.580. The first-order valence-electron chi connectivity index (χ1n) is 6.32. The number of ether oxygens (including phenoxy) is 2. The van der Waals surface area contributed by atoms with Crippen LogP contribution in [0.3, 0.4) is 0 Å². The van der Waals surface area contributed by atoms with Crippen molar-refractivity contribution in [1.82, 2.24) is 0 Å². The molecule has 0 aliphatic carbocycles. The molecule has 0 saturated carbocycles. The molecule has 2 N–H and O–H groups in total. The van der Waals surface area contributed by atoms with Crippen LogP contribution in [0, 0.1) is 0 Å². The largest absolute Gasteiger partial charge is 0.493 e. The van der Waals surface area contributed by atoms with Gasteiger partial charge in [0.2, 0.25) is 0 Å². The molecule has 0 fully saturated rings. The van der Waals surface area contributed by atoms with Crippen molar-refractivity contribution in [2.24, 2.45) is 5.73 Å². The van der Waals surface area contributed by atoms with Gasteiger partial charge in [0.25, 0.3) is 0 Å². The van der Waals surface area contributed by atoms with Gasteiger partial charge in [-0.2, -0.15) is 11.8 Å². The summed E-state index contributed by atoms with van der Waals surface area (Å²) in [5, 5.41) is 0.583. The molecule has 0 aliphatic rings. The molecule has 19 heavy (non-hydrogen) atoms. The Labute approximate surface area is 124 Å². The molecule has 0 aliphatic heterocycles. The fourth-order valence-corrected chi connectivity index (χ4v) is 2.47. The topological polar surface area (TPSA) is 44.5 Å². The van der Waals surface area contributed by atoms with Crippen LogP contribution < -0.4 is 15.2 Å². The number of rotatable bonds is 8. The zero-order valence-corrected chi connectivity index (χ0v) is 13.3. The third-order valence-corrected chi connectivity index (χ3v) is 3.56. The van der Waals surface area contributed by atoms with Crippen LogP contribution in [0.25, 0.3) is 0 Å². The summed E-state index contributed by atoms with van der Waals surface area (Å²) in [6.45, 7) is 2.61. The lowest BCUT2D eigenvalue weighted by Gasteiger charge is -2.15. The van der Waals surface area contributed by atoms with Crippen molar-refractivity contribution >= 4 is 23.4 Å². The molecule has 1 rings (SSSR count). The van der Waals surface area contributed by atoms with Crippen LogP contribution in [0.4, 0.5) is 0 Å². The molecule has 0 saturated heterocycles. The molecule has 3 nitrogen and oxygen atoms in total. The highest BCUT2D eigenvalue weighted by molar-refractivity contribution is 7.98. The number of halogens is 1. The lowest BCUT2D eigenvalue weighted by Crippen LogP contribution is -2.17. The lowest BCUT2D eigenvalue weighted by atomic mass is 10.1. The number of thioether (sulfide) groups is 1. The number of benzene rings is 1. The molecule has 1 atom stereocenters. The first kappa shape index (κ1) is 16.5. The summed E-state index contributed by atoms with van der Waals surface area (Å²) in [5.74, 6) is 2.37. The van der Waals surface area contributed by atoms with Crippen LogP contribution in [0.15, 0.2) is 12.1 Å². The first-order chi connectivity index (χ1) is 9.08. The number of hydrogen-bond donors (Lipinski definition) is 1. The van der Waals surface area contributed by atoms with Gasteiger partial charge in [0.15, 0.2) is 11.5 Å². The highest BCUT2D eigenvalue weighted by Crippen LogP contribution is 2.36. The predicted octanol–water partition coefficient (Wildman–Crippen LogP) is 3.37. The van der Waals surface area contributed by atoms with Gasteiger partial charge in [-0.1, -0.05) is 11.6 Å². The van der Waals surface area contributed by atoms with E-state index in [4.69, 9.17) is 26.8 Å². The summed E-state index contributed by atoms with van der Waals surface area (Å²) in [5.41, 5.74) is 6.86. The van der Waals surface area contributed by atoms with Crippen LogP contribution in [0.2, 0.25) is 5.02 Å². The van der Waals surface area contributed by atoms with E-state index in [9.17, 15) is 0 Å². The minimum atomic E-state index is 0.0918. The Kier molecular flexibility index (Phi) is 7.42. The van der Waals surface area contributed by atoms with Crippen LogP contribution >= 0.6 is 23.4 Å². The Balaban J connectivity index is 2.79. The van der Waals surface area contributed by atoms with Crippen molar-refractivity contribution in [1.29, 1.82) is 0 Å². The quantitative estimate of drug-likeness (QED) is 0.748. The van der Waals surface area contributed by atoms with E-state index in [2.05, 4.69) is 6.26 Å². The third-order valence-electron chi connectivity index (χ3n) is 2.59. The van der Waals surface area contributed by atoms with E-state index in [1.54, 1.807) is 18.9 Å². The molecule has 0 radical (unpaired) electrons. The summed E-state index contributed by atoms with van der Waals surface area (Å²) < 4.78 is 11.1. The SMILES string of the molecule is COc1cc(CC(C)N)cc(Cl)c1OCCCSC. The fourth-order valence-electron chi connectivity index (χ4n) is 1.78. The second-order valence-electron chi connectivity index (χ2n) is 4.49. The van der Waals surface area contributed by atoms with Crippen LogP contribution in [-0.2, 0) is 6.42 Å². The van der Waals surface area contributed by atoms with Gasteiger partial charge in [-0.25, -0.2) is 0 Å². The van der Waals surface area contributed by atoms with E-state index in [1.807, 2.05) is 19.1 Å². The van der Waals surface area contributed by atoms with Crippen LogP contribution in [0.1, 0.15) is 18.9 Å². The van der Waals surface area contributed by atoms with E-state index in [-0.39, 0.29) is 6.04 Å². The van der Waals surface area contributed by atoms with Crippen molar-refractivity contribution in [3.05, 3.63) is 22.7 Å². The molecule has 0 heterocycles. The van der Waals surface area contributed by atoms with Crippen LogP contribution in [-0.4, -0.2) is 31.8 Å². The van der Waals surface area contributed by atoms with E-state index >= 15 is 0 Å². The molecule has 0 amide bonds. The monoisotopic (exact) mass is 303 g/mol. The lowest BCUT2D eigenvalue weighted by molar-refractivity contribution is 0.295. The maximum Gasteiger partial charge on any atom is 0.179 e. The number of nitrogens with two attached hydrogens (primary N) is 1. The summed E-state index contributed by atoms with van der Waals surface area (Å²) in [4.78, 5) is 0. The van der Waals surface area contributed by atoms with Gasteiger partial charge < -0.3 is 15.2 Å². The minimum absolute atomic E-state index is 0.0918. The smallest absolute Gasteiger partial charge is 0.179 e. The first-order valence-corrected chi connectivity index (χ1v) is 8.09. The Morgan fingerprint density at radius 3 is 2.74 bits per heavy atom. The zero-order valence-electron chi connectivity index (χ0n) is 11.7. The van der Waals surface area contributed by atoms with E-state index < -0.39 is 0 Å². The van der Waals surface area contributed by atoms with Crippen molar-refractivity contribution in [2.75, 3.05) is 25.7 Å². The van der Waals surface area contributed by atoms with Crippen molar-refractivity contribution in [3.8, 4) is 11.5 Å². The normalized spacial score (nSPS) is 12.3. The second kappa shape index (κ2) is 8.56. The summed E-state index contributed by atoms with van der Waals surface area (Å²) in [7, 11) is 1.62. The average Bonchev–Trinajstić information content (AvgIpc) is 2.35. The summed E-state index contributed by atoms with van der Waals surface area (Å²) in [6, 6.07) is 3.94. The molecule has 1 aromatic carbocycles. The summed E-state index contributed by atoms with van der Waals surface area (Å²) >= 11 is 8.06. The van der Waals surface area contributed by atoms with Gasteiger partial charge in [0.1, 0.15) is 0 Å². The molecule has 5 heteroatoms.